The molecule has 3 fully saturated rings. The number of hydrogen-bond acceptors (Lipinski definition) is 7. The van der Waals surface area contributed by atoms with Gasteiger partial charge in [-0.2, -0.15) is 0 Å². The predicted octanol–water partition coefficient (Wildman–Crippen LogP) is 0.415. The molecule has 0 aliphatic carbocycles. The molecule has 0 saturated carbocycles. The van der Waals surface area contributed by atoms with Crippen LogP contribution < -0.4 is 10.6 Å². The molecule has 5 atom stereocenters. The normalized spacial score (nSPS) is 36.0. The topological polar surface area (TPSA) is 104 Å². The van der Waals surface area contributed by atoms with Gasteiger partial charge in [-0.3, -0.25) is 9.59 Å². The van der Waals surface area contributed by atoms with Crippen molar-refractivity contribution in [3.8, 4) is 0 Å². The number of rotatable bonds is 6. The molecule has 9 nitrogen and oxygen atoms in total. The van der Waals surface area contributed by atoms with E-state index in [1.807, 2.05) is 6.92 Å². The Labute approximate surface area is 159 Å². The summed E-state index contributed by atoms with van der Waals surface area (Å²) in [4.78, 5) is 24.5. The summed E-state index contributed by atoms with van der Waals surface area (Å²) in [5, 5.41) is 5.37. The van der Waals surface area contributed by atoms with Gasteiger partial charge < -0.3 is 34.3 Å². The molecule has 5 unspecified atom stereocenters. The average molecular weight is 386 g/mol. The summed E-state index contributed by atoms with van der Waals surface area (Å²) in [7, 11) is 0. The fraction of sp³-hybridized carbons (Fsp3) is 0.889. The second kappa shape index (κ2) is 7.63. The van der Waals surface area contributed by atoms with Crippen molar-refractivity contribution < 1.29 is 33.3 Å². The maximum atomic E-state index is 12.7. The minimum atomic E-state index is -0.959. The number of nitrogens with one attached hydrogen (secondary N) is 2. The monoisotopic (exact) mass is 386 g/mol. The summed E-state index contributed by atoms with van der Waals surface area (Å²) in [6.45, 7) is 9.61. The van der Waals surface area contributed by atoms with E-state index in [1.54, 1.807) is 27.7 Å². The van der Waals surface area contributed by atoms with E-state index in [4.69, 9.17) is 23.7 Å². The predicted molar refractivity (Wildman–Crippen MR) is 93.5 cm³/mol. The molecular formula is C18H30N2O7. The molecule has 154 valence electrons. The summed E-state index contributed by atoms with van der Waals surface area (Å²) in [5.41, 5.74) is 0. The molecule has 2 N–H and O–H groups in total. The molecule has 0 spiro atoms. The average Bonchev–Trinajstić information content (AvgIpc) is 3.06. The Balaban J connectivity index is 1.64. The molecule has 2 amide bonds. The standard InChI is InChI=1S/C18H30N2O7/c1-6-7-8-19-10(21)9-20-15(22)13-11-12(25-17(2,3)24-11)14-16(23-13)27-18(4,5)26-14/h11-14,16H,6-9H2,1-5H3,(H,19,21)(H,20,22). The van der Waals surface area contributed by atoms with Gasteiger partial charge in [-0.1, -0.05) is 13.3 Å². The largest absolute Gasteiger partial charge is 0.355 e. The summed E-state index contributed by atoms with van der Waals surface area (Å²) in [5.74, 6) is -2.41. The van der Waals surface area contributed by atoms with Gasteiger partial charge >= 0.3 is 0 Å². The smallest absolute Gasteiger partial charge is 0.252 e. The van der Waals surface area contributed by atoms with Crippen LogP contribution in [0.5, 0.6) is 0 Å². The van der Waals surface area contributed by atoms with Gasteiger partial charge in [-0.15, -0.1) is 0 Å². The van der Waals surface area contributed by atoms with Crippen molar-refractivity contribution in [2.24, 2.45) is 0 Å². The lowest BCUT2D eigenvalue weighted by Crippen LogP contribution is -2.60. The molecule has 0 aromatic rings. The fourth-order valence-corrected chi connectivity index (χ4v) is 3.56. The minimum Gasteiger partial charge on any atom is -0.355 e. The Morgan fingerprint density at radius 1 is 0.889 bits per heavy atom. The third-order valence-electron chi connectivity index (χ3n) is 4.69. The zero-order valence-electron chi connectivity index (χ0n) is 16.6. The van der Waals surface area contributed by atoms with Gasteiger partial charge in [0.05, 0.1) is 6.54 Å². The van der Waals surface area contributed by atoms with Crippen molar-refractivity contribution in [2.45, 2.75) is 89.7 Å². The first-order valence-electron chi connectivity index (χ1n) is 9.53. The lowest BCUT2D eigenvalue weighted by molar-refractivity contribution is -0.231. The quantitative estimate of drug-likeness (QED) is 0.637. The Kier molecular flexibility index (Phi) is 5.79. The Bertz CT molecular complexity index is 580. The van der Waals surface area contributed by atoms with Gasteiger partial charge in [0.15, 0.2) is 24.0 Å². The highest BCUT2D eigenvalue weighted by molar-refractivity contribution is 5.87. The SMILES string of the molecule is CCCCNC(=O)CNC(=O)C1OC2OC(C)(C)OC2C2OC(C)(C)OC12. The van der Waals surface area contributed by atoms with Crippen LogP contribution in [0.2, 0.25) is 0 Å². The van der Waals surface area contributed by atoms with Crippen LogP contribution in [-0.4, -0.2) is 67.2 Å². The number of amides is 2. The first kappa shape index (κ1) is 20.5. The van der Waals surface area contributed by atoms with E-state index in [-0.39, 0.29) is 12.5 Å². The first-order valence-corrected chi connectivity index (χ1v) is 9.53. The van der Waals surface area contributed by atoms with E-state index >= 15 is 0 Å². The molecule has 3 saturated heterocycles. The fourth-order valence-electron chi connectivity index (χ4n) is 3.56. The lowest BCUT2D eigenvalue weighted by atomic mass is 9.98. The van der Waals surface area contributed by atoms with Gasteiger partial charge in [0, 0.05) is 6.54 Å². The van der Waals surface area contributed by atoms with E-state index in [0.717, 1.165) is 12.8 Å². The molecule has 0 aromatic heterocycles. The zero-order chi connectivity index (χ0) is 19.8. The highest BCUT2D eigenvalue weighted by Gasteiger charge is 2.62. The maximum Gasteiger partial charge on any atom is 0.252 e. The van der Waals surface area contributed by atoms with Crippen LogP contribution in [0.1, 0.15) is 47.5 Å². The second-order valence-electron chi connectivity index (χ2n) is 8.01. The number of hydrogen-bond donors (Lipinski definition) is 2. The van der Waals surface area contributed by atoms with Crippen LogP contribution in [0, 0.1) is 0 Å². The zero-order valence-corrected chi connectivity index (χ0v) is 16.6. The molecule has 9 heteroatoms. The summed E-state index contributed by atoms with van der Waals surface area (Å²) in [6.07, 6.45) is -1.47. The Hall–Kier alpha value is -1.26. The van der Waals surface area contributed by atoms with E-state index in [9.17, 15) is 9.59 Å². The molecule has 27 heavy (non-hydrogen) atoms. The van der Waals surface area contributed by atoms with E-state index in [0.29, 0.717) is 6.54 Å². The van der Waals surface area contributed by atoms with Crippen molar-refractivity contribution in [1.29, 1.82) is 0 Å². The lowest BCUT2D eigenvalue weighted by Gasteiger charge is -2.36. The van der Waals surface area contributed by atoms with Crippen LogP contribution >= 0.6 is 0 Å². The van der Waals surface area contributed by atoms with Crippen LogP contribution in [0.3, 0.4) is 0 Å². The Morgan fingerprint density at radius 2 is 1.52 bits per heavy atom. The molecule has 3 heterocycles. The highest BCUT2D eigenvalue weighted by atomic mass is 16.9. The van der Waals surface area contributed by atoms with Crippen molar-refractivity contribution in [3.05, 3.63) is 0 Å². The van der Waals surface area contributed by atoms with Crippen molar-refractivity contribution in [3.63, 3.8) is 0 Å². The number of unbranched alkanes of at least 4 members (excludes halogenated alkanes) is 1. The second-order valence-corrected chi connectivity index (χ2v) is 8.01. The molecule has 0 bridgehead atoms. The van der Waals surface area contributed by atoms with Gasteiger partial charge in [-0.25, -0.2) is 0 Å². The molecule has 3 aliphatic rings. The van der Waals surface area contributed by atoms with Gasteiger partial charge in [0.1, 0.15) is 18.3 Å². The van der Waals surface area contributed by atoms with Crippen LogP contribution in [-0.2, 0) is 33.3 Å². The molecular weight excluding hydrogens is 356 g/mol. The van der Waals surface area contributed by atoms with Crippen LogP contribution in [0.25, 0.3) is 0 Å². The van der Waals surface area contributed by atoms with E-state index < -0.39 is 48.2 Å². The third kappa shape index (κ3) is 4.60. The number of ether oxygens (including phenoxy) is 5. The van der Waals surface area contributed by atoms with Gasteiger partial charge in [-0.05, 0) is 34.1 Å². The highest BCUT2D eigenvalue weighted by Crippen LogP contribution is 2.44. The molecule has 0 aromatic carbocycles. The summed E-state index contributed by atoms with van der Waals surface area (Å²) < 4.78 is 29.4. The van der Waals surface area contributed by atoms with Gasteiger partial charge in [0.2, 0.25) is 5.91 Å². The number of carbonyl (C=O) groups excluding carboxylic acids is 2. The number of carbonyl (C=O) groups is 2. The van der Waals surface area contributed by atoms with Crippen molar-refractivity contribution >= 4 is 11.8 Å². The maximum absolute atomic E-state index is 12.7. The van der Waals surface area contributed by atoms with Crippen molar-refractivity contribution in [1.82, 2.24) is 10.6 Å². The van der Waals surface area contributed by atoms with E-state index in [2.05, 4.69) is 10.6 Å². The Morgan fingerprint density at radius 3 is 2.22 bits per heavy atom. The molecule has 3 aliphatic heterocycles. The van der Waals surface area contributed by atoms with Crippen LogP contribution in [0.15, 0.2) is 0 Å². The summed E-state index contributed by atoms with van der Waals surface area (Å²) >= 11 is 0. The van der Waals surface area contributed by atoms with Crippen molar-refractivity contribution in [2.75, 3.05) is 13.1 Å². The minimum absolute atomic E-state index is 0.124. The molecule has 3 rings (SSSR count). The third-order valence-corrected chi connectivity index (χ3v) is 4.69. The summed E-state index contributed by atoms with van der Waals surface area (Å²) in [6, 6.07) is 0. The molecule has 0 radical (unpaired) electrons. The number of fused-ring (bicyclic) bond motifs is 3. The van der Waals surface area contributed by atoms with Crippen LogP contribution in [0.4, 0.5) is 0 Å². The first-order chi connectivity index (χ1) is 12.6. The van der Waals surface area contributed by atoms with Gasteiger partial charge in [0.25, 0.3) is 5.91 Å². The van der Waals surface area contributed by atoms with E-state index in [1.165, 1.54) is 0 Å².